The molecule has 0 heterocycles. The van der Waals surface area contributed by atoms with Crippen LogP contribution < -0.4 is 5.32 Å². The Balaban J connectivity index is 0.00000144. The quantitative estimate of drug-likeness (QED) is 0.908. The summed E-state index contributed by atoms with van der Waals surface area (Å²) in [6, 6.07) is 17.6. The molecule has 4 rings (SSSR count). The molecule has 2 aliphatic carbocycles. The van der Waals surface area contributed by atoms with Gasteiger partial charge < -0.3 is 10.4 Å². The second-order valence-electron chi connectivity index (χ2n) is 6.43. The van der Waals surface area contributed by atoms with E-state index in [1.807, 2.05) is 7.05 Å². The van der Waals surface area contributed by atoms with Gasteiger partial charge in [-0.25, -0.2) is 0 Å². The van der Waals surface area contributed by atoms with Crippen LogP contribution in [0, 0.1) is 0 Å². The standard InChI is InChI=1S/C19H21NO.ClH/c1-20-12-13(21)10-19-11-16(14-6-2-4-8-17(14)19)15-7-3-5-9-18(15)19;/h2-9,13,16,20-21H,10-12H2,1H3;1H. The molecule has 2 nitrogen and oxygen atoms in total. The van der Waals surface area contributed by atoms with E-state index >= 15 is 0 Å². The molecule has 116 valence electrons. The van der Waals surface area contributed by atoms with Gasteiger partial charge in [-0.3, -0.25) is 0 Å². The molecule has 2 bridgehead atoms. The van der Waals surface area contributed by atoms with E-state index in [1.165, 1.54) is 22.3 Å². The highest BCUT2D eigenvalue weighted by Gasteiger charge is 2.52. The molecule has 22 heavy (non-hydrogen) atoms. The molecule has 1 unspecified atom stereocenters. The topological polar surface area (TPSA) is 32.3 Å². The third-order valence-corrected chi connectivity index (χ3v) is 5.28. The zero-order chi connectivity index (χ0) is 14.4. The van der Waals surface area contributed by atoms with Gasteiger partial charge in [0.2, 0.25) is 0 Å². The van der Waals surface area contributed by atoms with Crippen molar-refractivity contribution in [2.24, 2.45) is 0 Å². The lowest BCUT2D eigenvalue weighted by atomic mass is 9.72. The summed E-state index contributed by atoms with van der Waals surface area (Å²) in [7, 11) is 1.90. The molecular weight excluding hydrogens is 294 g/mol. The summed E-state index contributed by atoms with van der Waals surface area (Å²) < 4.78 is 0. The van der Waals surface area contributed by atoms with Gasteiger partial charge in [-0.05, 0) is 42.1 Å². The second kappa shape index (κ2) is 5.69. The van der Waals surface area contributed by atoms with Gasteiger partial charge in [-0.1, -0.05) is 48.5 Å². The molecule has 0 amide bonds. The van der Waals surface area contributed by atoms with Crippen LogP contribution in [0.3, 0.4) is 0 Å². The number of nitrogens with one attached hydrogen (secondary N) is 1. The lowest BCUT2D eigenvalue weighted by Gasteiger charge is -2.33. The number of fused-ring (bicyclic) bond motifs is 8. The van der Waals surface area contributed by atoms with Crippen molar-refractivity contribution in [2.45, 2.75) is 30.3 Å². The van der Waals surface area contributed by atoms with Crippen molar-refractivity contribution in [3.8, 4) is 0 Å². The molecule has 3 heteroatoms. The van der Waals surface area contributed by atoms with Gasteiger partial charge in [0.1, 0.15) is 0 Å². The fourth-order valence-electron chi connectivity index (χ4n) is 4.59. The number of aliphatic hydroxyl groups is 1. The molecule has 2 N–H and O–H groups in total. The van der Waals surface area contributed by atoms with Crippen molar-refractivity contribution in [3.63, 3.8) is 0 Å². The van der Waals surface area contributed by atoms with E-state index in [0.29, 0.717) is 12.5 Å². The molecule has 0 radical (unpaired) electrons. The minimum Gasteiger partial charge on any atom is -0.392 e. The third-order valence-electron chi connectivity index (χ3n) is 5.28. The number of likely N-dealkylation sites (N-methyl/N-ethyl adjacent to an activating group) is 1. The van der Waals surface area contributed by atoms with E-state index in [1.54, 1.807) is 0 Å². The lowest BCUT2D eigenvalue weighted by molar-refractivity contribution is 0.141. The first kappa shape index (κ1) is 15.5. The molecule has 2 aliphatic rings. The van der Waals surface area contributed by atoms with Crippen LogP contribution in [-0.4, -0.2) is 24.8 Å². The van der Waals surface area contributed by atoms with Gasteiger partial charge in [0, 0.05) is 17.9 Å². The highest BCUT2D eigenvalue weighted by molar-refractivity contribution is 5.85. The summed E-state index contributed by atoms with van der Waals surface area (Å²) in [6.07, 6.45) is 1.61. The van der Waals surface area contributed by atoms with Crippen LogP contribution >= 0.6 is 12.4 Å². The fraction of sp³-hybridized carbons (Fsp3) is 0.368. The Morgan fingerprint density at radius 1 is 1.09 bits per heavy atom. The summed E-state index contributed by atoms with van der Waals surface area (Å²) in [5.41, 5.74) is 5.81. The van der Waals surface area contributed by atoms with E-state index in [4.69, 9.17) is 0 Å². The van der Waals surface area contributed by atoms with E-state index in [2.05, 4.69) is 53.8 Å². The maximum Gasteiger partial charge on any atom is 0.0676 e. The Hall–Kier alpha value is -1.35. The third kappa shape index (κ3) is 2.02. The van der Waals surface area contributed by atoms with Crippen LogP contribution in [0.25, 0.3) is 0 Å². The Kier molecular flexibility index (Phi) is 4.02. The molecule has 0 aliphatic heterocycles. The summed E-state index contributed by atoms with van der Waals surface area (Å²) in [5, 5.41) is 13.5. The van der Waals surface area contributed by atoms with Crippen molar-refractivity contribution in [1.82, 2.24) is 5.32 Å². The van der Waals surface area contributed by atoms with Crippen molar-refractivity contribution >= 4 is 12.4 Å². The number of benzene rings is 2. The Labute approximate surface area is 138 Å². The van der Waals surface area contributed by atoms with Crippen LogP contribution in [0.15, 0.2) is 48.5 Å². The number of rotatable bonds is 4. The SMILES string of the molecule is CNCC(O)CC12CC(c3ccccc31)c1ccccc12.Cl. The highest BCUT2D eigenvalue weighted by Crippen LogP contribution is 2.61. The molecule has 0 spiro atoms. The fourth-order valence-corrected chi connectivity index (χ4v) is 4.59. The summed E-state index contributed by atoms with van der Waals surface area (Å²) in [5.74, 6) is 0.513. The molecular formula is C19H22ClNO. The molecule has 2 aromatic carbocycles. The van der Waals surface area contributed by atoms with Crippen LogP contribution in [0.1, 0.15) is 41.0 Å². The lowest BCUT2D eigenvalue weighted by Crippen LogP contribution is -2.34. The molecule has 0 aromatic heterocycles. The first-order valence-corrected chi connectivity index (χ1v) is 7.78. The van der Waals surface area contributed by atoms with E-state index in [-0.39, 0.29) is 23.9 Å². The predicted octanol–water partition coefficient (Wildman–Crippen LogP) is 3.21. The maximum atomic E-state index is 10.4. The van der Waals surface area contributed by atoms with Gasteiger partial charge in [0.05, 0.1) is 6.10 Å². The number of hydrogen-bond donors (Lipinski definition) is 2. The zero-order valence-corrected chi connectivity index (χ0v) is 13.6. The smallest absolute Gasteiger partial charge is 0.0676 e. The zero-order valence-electron chi connectivity index (χ0n) is 12.8. The normalized spacial score (nSPS) is 25.3. The first-order chi connectivity index (χ1) is 10.3. The first-order valence-electron chi connectivity index (χ1n) is 7.78. The average molecular weight is 316 g/mol. The minimum atomic E-state index is -0.312. The van der Waals surface area contributed by atoms with Gasteiger partial charge in [0.15, 0.2) is 0 Å². The number of halogens is 1. The van der Waals surface area contributed by atoms with E-state index in [0.717, 1.165) is 12.8 Å². The maximum absolute atomic E-state index is 10.4. The van der Waals surface area contributed by atoms with Gasteiger partial charge in [-0.2, -0.15) is 0 Å². The van der Waals surface area contributed by atoms with Crippen LogP contribution in [0.4, 0.5) is 0 Å². The van der Waals surface area contributed by atoms with E-state index < -0.39 is 0 Å². The summed E-state index contributed by atoms with van der Waals surface area (Å²) in [6.45, 7) is 0.650. The highest BCUT2D eigenvalue weighted by atomic mass is 35.5. The average Bonchev–Trinajstić information content (AvgIpc) is 3.00. The van der Waals surface area contributed by atoms with Gasteiger partial charge in [0.25, 0.3) is 0 Å². The van der Waals surface area contributed by atoms with Gasteiger partial charge in [-0.15, -0.1) is 12.4 Å². The van der Waals surface area contributed by atoms with Crippen LogP contribution in [0.2, 0.25) is 0 Å². The van der Waals surface area contributed by atoms with E-state index in [9.17, 15) is 5.11 Å². The molecule has 1 atom stereocenters. The summed E-state index contributed by atoms with van der Waals surface area (Å²) in [4.78, 5) is 0. The van der Waals surface area contributed by atoms with Crippen LogP contribution in [-0.2, 0) is 5.41 Å². The van der Waals surface area contributed by atoms with Crippen molar-refractivity contribution in [3.05, 3.63) is 70.8 Å². The van der Waals surface area contributed by atoms with Crippen LogP contribution in [0.5, 0.6) is 0 Å². The number of aliphatic hydroxyl groups excluding tert-OH is 1. The second-order valence-corrected chi connectivity index (χ2v) is 6.43. The van der Waals surface area contributed by atoms with Crippen molar-refractivity contribution in [1.29, 1.82) is 0 Å². The summed E-state index contributed by atoms with van der Waals surface area (Å²) >= 11 is 0. The largest absolute Gasteiger partial charge is 0.392 e. The van der Waals surface area contributed by atoms with Crippen molar-refractivity contribution in [2.75, 3.05) is 13.6 Å². The van der Waals surface area contributed by atoms with Crippen molar-refractivity contribution < 1.29 is 5.11 Å². The molecule has 0 saturated carbocycles. The predicted molar refractivity (Wildman–Crippen MR) is 91.9 cm³/mol. The molecule has 2 aromatic rings. The minimum absolute atomic E-state index is 0. The molecule has 0 fully saturated rings. The Morgan fingerprint density at radius 3 is 2.18 bits per heavy atom. The monoisotopic (exact) mass is 315 g/mol. The van der Waals surface area contributed by atoms with Gasteiger partial charge >= 0.3 is 0 Å². The molecule has 0 saturated heterocycles. The number of hydrogen-bond acceptors (Lipinski definition) is 2. The Bertz CT molecular complexity index is 637. The Morgan fingerprint density at radius 2 is 1.64 bits per heavy atom.